The Morgan fingerprint density at radius 2 is 1.80 bits per heavy atom. The lowest BCUT2D eigenvalue weighted by Crippen LogP contribution is -2.25. The Labute approximate surface area is 120 Å². The van der Waals surface area contributed by atoms with Gasteiger partial charge >= 0.3 is 0 Å². The van der Waals surface area contributed by atoms with Crippen molar-refractivity contribution in [1.82, 2.24) is 9.88 Å². The fourth-order valence-corrected chi connectivity index (χ4v) is 2.16. The van der Waals surface area contributed by atoms with Crippen LogP contribution in [0.2, 0.25) is 0 Å². The van der Waals surface area contributed by atoms with Gasteiger partial charge in [0.05, 0.1) is 6.07 Å². The molecule has 20 heavy (non-hydrogen) atoms. The molecule has 0 aliphatic rings. The van der Waals surface area contributed by atoms with Crippen molar-refractivity contribution in [2.45, 2.75) is 19.4 Å². The summed E-state index contributed by atoms with van der Waals surface area (Å²) in [7, 11) is 1.99. The predicted octanol–water partition coefficient (Wildman–Crippen LogP) is 3.13. The first-order valence-corrected chi connectivity index (χ1v) is 6.76. The Morgan fingerprint density at radius 3 is 2.40 bits per heavy atom. The largest absolute Gasteiger partial charge is 0.287 e. The second-order valence-corrected chi connectivity index (χ2v) is 5.03. The van der Waals surface area contributed by atoms with Crippen molar-refractivity contribution in [2.24, 2.45) is 0 Å². The molecule has 3 heteroatoms. The molecule has 0 radical (unpaired) electrons. The van der Waals surface area contributed by atoms with Crippen molar-refractivity contribution in [3.63, 3.8) is 0 Å². The molecule has 1 atom stereocenters. The quantitative estimate of drug-likeness (QED) is 0.834. The third kappa shape index (κ3) is 3.66. The molecule has 0 bridgehead atoms. The van der Waals surface area contributed by atoms with Gasteiger partial charge in [-0.25, -0.2) is 0 Å². The molecule has 102 valence electrons. The van der Waals surface area contributed by atoms with Crippen LogP contribution >= 0.6 is 0 Å². The normalized spacial score (nSPS) is 12.1. The second-order valence-electron chi connectivity index (χ2n) is 5.03. The topological polar surface area (TPSA) is 39.9 Å². The average Bonchev–Trinajstić information content (AvgIpc) is 2.49. The lowest BCUT2D eigenvalue weighted by Gasteiger charge is -2.22. The molecule has 0 saturated carbocycles. The molecule has 0 fully saturated rings. The van der Waals surface area contributed by atoms with Crippen molar-refractivity contribution < 1.29 is 0 Å². The van der Waals surface area contributed by atoms with Gasteiger partial charge in [-0.2, -0.15) is 5.26 Å². The molecule has 2 rings (SSSR count). The van der Waals surface area contributed by atoms with Gasteiger partial charge in [0.1, 0.15) is 6.04 Å². The Bertz CT molecular complexity index is 569. The molecule has 2 aromatic rings. The maximum atomic E-state index is 9.41. The predicted molar refractivity (Wildman–Crippen MR) is 80.1 cm³/mol. The molecule has 0 saturated heterocycles. The van der Waals surface area contributed by atoms with Gasteiger partial charge < -0.3 is 0 Å². The van der Waals surface area contributed by atoms with Crippen molar-refractivity contribution >= 4 is 0 Å². The molecule has 0 N–H and O–H groups in total. The Balaban J connectivity index is 2.01. The minimum absolute atomic E-state index is 0.197. The summed E-state index contributed by atoms with van der Waals surface area (Å²) in [5.41, 5.74) is 3.51. The van der Waals surface area contributed by atoms with Gasteiger partial charge in [0.2, 0.25) is 0 Å². The van der Waals surface area contributed by atoms with E-state index in [1.807, 2.05) is 31.3 Å². The van der Waals surface area contributed by atoms with E-state index in [0.29, 0.717) is 0 Å². The van der Waals surface area contributed by atoms with E-state index >= 15 is 0 Å². The molecule has 1 heterocycles. The van der Waals surface area contributed by atoms with Crippen LogP contribution in [0.15, 0.2) is 48.8 Å². The number of pyridine rings is 1. The zero-order valence-electron chi connectivity index (χ0n) is 12.0. The molecule has 0 spiro atoms. The molecule has 0 aliphatic carbocycles. The van der Waals surface area contributed by atoms with Crippen LogP contribution in [0.3, 0.4) is 0 Å². The Morgan fingerprint density at radius 1 is 1.15 bits per heavy atom. The average molecular weight is 265 g/mol. The number of aryl methyl sites for hydroxylation is 1. The number of aromatic nitrogens is 1. The first-order chi connectivity index (χ1) is 9.70. The Hall–Kier alpha value is -2.18. The van der Waals surface area contributed by atoms with Gasteiger partial charge in [-0.3, -0.25) is 9.88 Å². The van der Waals surface area contributed by atoms with Gasteiger partial charge in [0.25, 0.3) is 0 Å². The lowest BCUT2D eigenvalue weighted by atomic mass is 10.0. The van der Waals surface area contributed by atoms with Crippen LogP contribution in [-0.4, -0.2) is 23.5 Å². The van der Waals surface area contributed by atoms with Gasteiger partial charge in [-0.05, 0) is 43.7 Å². The summed E-state index contributed by atoms with van der Waals surface area (Å²) < 4.78 is 0. The van der Waals surface area contributed by atoms with Gasteiger partial charge in [-0.15, -0.1) is 0 Å². The van der Waals surface area contributed by atoms with Crippen molar-refractivity contribution in [3.05, 3.63) is 65.5 Å². The van der Waals surface area contributed by atoms with Gasteiger partial charge in [0, 0.05) is 18.9 Å². The minimum atomic E-state index is -0.197. The third-order valence-electron chi connectivity index (χ3n) is 3.46. The standard InChI is InChI=1S/C17H19N3/c1-14-3-5-16(6-4-14)17(13-18)20(2)12-9-15-7-10-19-11-8-15/h3-8,10-11,17H,9,12H2,1-2H3. The minimum Gasteiger partial charge on any atom is -0.287 e. The van der Waals surface area contributed by atoms with Crippen LogP contribution in [0, 0.1) is 18.3 Å². The smallest absolute Gasteiger partial charge is 0.123 e. The van der Waals surface area contributed by atoms with Crippen molar-refractivity contribution in [3.8, 4) is 6.07 Å². The highest BCUT2D eigenvalue weighted by Gasteiger charge is 2.15. The first-order valence-electron chi connectivity index (χ1n) is 6.76. The molecule has 3 nitrogen and oxygen atoms in total. The maximum Gasteiger partial charge on any atom is 0.123 e. The van der Waals surface area contributed by atoms with Crippen molar-refractivity contribution in [2.75, 3.05) is 13.6 Å². The summed E-state index contributed by atoms with van der Waals surface area (Å²) in [5.74, 6) is 0. The number of hydrogen-bond donors (Lipinski definition) is 0. The number of benzene rings is 1. The van der Waals surface area contributed by atoms with Gasteiger partial charge in [-0.1, -0.05) is 29.8 Å². The highest BCUT2D eigenvalue weighted by Crippen LogP contribution is 2.19. The van der Waals surface area contributed by atoms with E-state index in [4.69, 9.17) is 0 Å². The second kappa shape index (κ2) is 6.83. The fourth-order valence-electron chi connectivity index (χ4n) is 2.16. The Kier molecular flexibility index (Phi) is 4.86. The van der Waals surface area contributed by atoms with Crippen LogP contribution in [0.5, 0.6) is 0 Å². The van der Waals surface area contributed by atoms with Crippen LogP contribution in [0.4, 0.5) is 0 Å². The number of likely N-dealkylation sites (N-methyl/N-ethyl adjacent to an activating group) is 1. The lowest BCUT2D eigenvalue weighted by molar-refractivity contribution is 0.295. The summed E-state index contributed by atoms with van der Waals surface area (Å²) in [6.45, 7) is 2.90. The van der Waals surface area contributed by atoms with E-state index in [1.54, 1.807) is 12.4 Å². The monoisotopic (exact) mass is 265 g/mol. The molecule has 0 amide bonds. The number of rotatable bonds is 5. The highest BCUT2D eigenvalue weighted by atomic mass is 15.1. The van der Waals surface area contributed by atoms with Crippen LogP contribution in [0.25, 0.3) is 0 Å². The van der Waals surface area contributed by atoms with Crippen LogP contribution < -0.4 is 0 Å². The number of hydrogen-bond acceptors (Lipinski definition) is 3. The molecular weight excluding hydrogens is 246 g/mol. The zero-order chi connectivity index (χ0) is 14.4. The van der Waals surface area contributed by atoms with Gasteiger partial charge in [0.15, 0.2) is 0 Å². The molecule has 1 aromatic carbocycles. The number of nitriles is 1. The third-order valence-corrected chi connectivity index (χ3v) is 3.46. The fraction of sp³-hybridized carbons (Fsp3) is 0.294. The molecule has 0 aliphatic heterocycles. The summed E-state index contributed by atoms with van der Waals surface area (Å²) in [4.78, 5) is 6.10. The summed E-state index contributed by atoms with van der Waals surface area (Å²) in [6, 6.07) is 14.4. The maximum absolute atomic E-state index is 9.41. The van der Waals surface area contributed by atoms with Crippen LogP contribution in [-0.2, 0) is 6.42 Å². The SMILES string of the molecule is Cc1ccc(C(C#N)N(C)CCc2ccncc2)cc1. The summed E-state index contributed by atoms with van der Waals surface area (Å²) in [5, 5.41) is 9.41. The molecule has 1 unspecified atom stereocenters. The van der Waals surface area contributed by atoms with E-state index in [2.05, 4.69) is 35.0 Å². The van der Waals surface area contributed by atoms with E-state index < -0.39 is 0 Å². The van der Waals surface area contributed by atoms with Crippen LogP contribution in [0.1, 0.15) is 22.7 Å². The molecule has 1 aromatic heterocycles. The zero-order valence-corrected chi connectivity index (χ0v) is 12.0. The molecular formula is C17H19N3. The van der Waals surface area contributed by atoms with E-state index in [9.17, 15) is 5.26 Å². The number of nitrogens with zero attached hydrogens (tertiary/aromatic N) is 3. The van der Waals surface area contributed by atoms with E-state index in [1.165, 1.54) is 11.1 Å². The first kappa shape index (κ1) is 14.2. The summed E-state index contributed by atoms with van der Waals surface area (Å²) in [6.07, 6.45) is 4.53. The van der Waals surface area contributed by atoms with E-state index in [-0.39, 0.29) is 6.04 Å². The highest BCUT2D eigenvalue weighted by molar-refractivity contribution is 5.27. The van der Waals surface area contributed by atoms with E-state index in [0.717, 1.165) is 18.5 Å². The van der Waals surface area contributed by atoms with Crippen molar-refractivity contribution in [1.29, 1.82) is 5.26 Å². The summed E-state index contributed by atoms with van der Waals surface area (Å²) >= 11 is 0.